The first-order valence-corrected chi connectivity index (χ1v) is 7.29. The van der Waals surface area contributed by atoms with Crippen LogP contribution in [0.15, 0.2) is 0 Å². The van der Waals surface area contributed by atoms with Gasteiger partial charge in [-0.15, -0.1) is 0 Å². The Morgan fingerprint density at radius 1 is 1.11 bits per heavy atom. The molecular formula is C14H28N2O2. The van der Waals surface area contributed by atoms with Crippen molar-refractivity contribution in [3.05, 3.63) is 0 Å². The number of unbranched alkanes of at least 4 members (excludes halogenated alkanes) is 3. The van der Waals surface area contributed by atoms with Crippen LogP contribution in [0.5, 0.6) is 0 Å². The molecule has 1 rings (SSSR count). The highest BCUT2D eigenvalue weighted by molar-refractivity contribution is 5.69. The molecule has 0 aliphatic carbocycles. The molecule has 1 heterocycles. The molecule has 0 aromatic rings. The summed E-state index contributed by atoms with van der Waals surface area (Å²) in [5, 5.41) is 0. The Balaban J connectivity index is 1.96. The summed E-state index contributed by atoms with van der Waals surface area (Å²) in [7, 11) is 2.14. The molecule has 0 aromatic heterocycles. The number of piperazine rings is 1. The molecule has 4 heteroatoms. The molecule has 0 N–H and O–H groups in total. The highest BCUT2D eigenvalue weighted by atomic mass is 16.5. The SMILES string of the molecule is CCCCCCOC(=O)CCN1CCN(C)CC1. The van der Waals surface area contributed by atoms with Gasteiger partial charge in [0.25, 0.3) is 0 Å². The van der Waals surface area contributed by atoms with Crippen LogP contribution in [0.3, 0.4) is 0 Å². The van der Waals surface area contributed by atoms with Crippen LogP contribution < -0.4 is 0 Å². The van der Waals surface area contributed by atoms with Gasteiger partial charge in [-0.3, -0.25) is 4.79 Å². The molecule has 1 aliphatic rings. The number of esters is 1. The molecule has 0 bridgehead atoms. The van der Waals surface area contributed by atoms with Gasteiger partial charge in [0, 0.05) is 32.7 Å². The third kappa shape index (κ3) is 6.97. The Morgan fingerprint density at radius 2 is 1.83 bits per heavy atom. The minimum Gasteiger partial charge on any atom is -0.466 e. The summed E-state index contributed by atoms with van der Waals surface area (Å²) < 4.78 is 5.22. The van der Waals surface area contributed by atoms with E-state index >= 15 is 0 Å². The van der Waals surface area contributed by atoms with Crippen LogP contribution in [0, 0.1) is 0 Å². The quantitative estimate of drug-likeness (QED) is 0.489. The van der Waals surface area contributed by atoms with Crippen LogP contribution in [-0.4, -0.2) is 62.1 Å². The van der Waals surface area contributed by atoms with Crippen molar-refractivity contribution >= 4 is 5.97 Å². The fraction of sp³-hybridized carbons (Fsp3) is 0.929. The van der Waals surface area contributed by atoms with E-state index in [1.54, 1.807) is 0 Å². The zero-order valence-electron chi connectivity index (χ0n) is 12.0. The van der Waals surface area contributed by atoms with Crippen LogP contribution in [-0.2, 0) is 9.53 Å². The molecule has 0 atom stereocenters. The average molecular weight is 256 g/mol. The number of nitrogens with zero attached hydrogens (tertiary/aromatic N) is 2. The second kappa shape index (κ2) is 9.34. The molecule has 106 valence electrons. The summed E-state index contributed by atoms with van der Waals surface area (Å²) in [6.45, 7) is 7.98. The smallest absolute Gasteiger partial charge is 0.307 e. The zero-order valence-corrected chi connectivity index (χ0v) is 12.0. The first-order valence-electron chi connectivity index (χ1n) is 7.29. The molecule has 0 saturated carbocycles. The minimum absolute atomic E-state index is 0.0366. The van der Waals surface area contributed by atoms with Crippen LogP contribution >= 0.6 is 0 Å². The lowest BCUT2D eigenvalue weighted by Gasteiger charge is -2.31. The lowest BCUT2D eigenvalue weighted by molar-refractivity contribution is -0.144. The maximum absolute atomic E-state index is 11.5. The van der Waals surface area contributed by atoms with Gasteiger partial charge in [0.1, 0.15) is 0 Å². The molecule has 1 fully saturated rings. The fourth-order valence-electron chi connectivity index (χ4n) is 2.11. The van der Waals surface area contributed by atoms with Crippen LogP contribution in [0.1, 0.15) is 39.0 Å². The molecule has 0 aromatic carbocycles. The summed E-state index contributed by atoms with van der Waals surface area (Å²) in [6, 6.07) is 0. The lowest BCUT2D eigenvalue weighted by Crippen LogP contribution is -2.45. The Kier molecular flexibility index (Phi) is 8.01. The summed E-state index contributed by atoms with van der Waals surface area (Å²) >= 11 is 0. The van der Waals surface area contributed by atoms with Crippen molar-refractivity contribution in [3.8, 4) is 0 Å². The molecule has 4 nitrogen and oxygen atoms in total. The van der Waals surface area contributed by atoms with E-state index in [0.29, 0.717) is 13.0 Å². The van der Waals surface area contributed by atoms with Gasteiger partial charge >= 0.3 is 5.97 Å². The number of ether oxygens (including phenoxy) is 1. The van der Waals surface area contributed by atoms with Crippen molar-refractivity contribution in [2.24, 2.45) is 0 Å². The lowest BCUT2D eigenvalue weighted by atomic mass is 10.2. The maximum atomic E-state index is 11.5. The Morgan fingerprint density at radius 3 is 2.50 bits per heavy atom. The molecule has 0 radical (unpaired) electrons. The first kappa shape index (κ1) is 15.4. The van der Waals surface area contributed by atoms with E-state index < -0.39 is 0 Å². The largest absolute Gasteiger partial charge is 0.466 e. The molecule has 18 heavy (non-hydrogen) atoms. The predicted octanol–water partition coefficient (Wildman–Crippen LogP) is 1.75. The Hall–Kier alpha value is -0.610. The van der Waals surface area contributed by atoms with E-state index in [0.717, 1.165) is 39.1 Å². The van der Waals surface area contributed by atoms with E-state index in [-0.39, 0.29) is 5.97 Å². The van der Waals surface area contributed by atoms with Gasteiger partial charge in [-0.05, 0) is 13.5 Å². The maximum Gasteiger partial charge on any atom is 0.307 e. The normalized spacial score (nSPS) is 17.9. The molecule has 0 spiro atoms. The zero-order chi connectivity index (χ0) is 13.2. The van der Waals surface area contributed by atoms with E-state index in [1.165, 1.54) is 19.3 Å². The molecule has 1 saturated heterocycles. The van der Waals surface area contributed by atoms with E-state index in [4.69, 9.17) is 4.74 Å². The van der Waals surface area contributed by atoms with Gasteiger partial charge in [0.05, 0.1) is 13.0 Å². The standard InChI is InChI=1S/C14H28N2O2/c1-3-4-5-6-13-18-14(17)7-8-16-11-9-15(2)10-12-16/h3-13H2,1-2H3. The van der Waals surface area contributed by atoms with Crippen molar-refractivity contribution in [2.45, 2.75) is 39.0 Å². The van der Waals surface area contributed by atoms with E-state index in [1.807, 2.05) is 0 Å². The number of hydrogen-bond acceptors (Lipinski definition) is 4. The van der Waals surface area contributed by atoms with Gasteiger partial charge in [-0.2, -0.15) is 0 Å². The minimum atomic E-state index is -0.0366. The van der Waals surface area contributed by atoms with Gasteiger partial charge in [-0.1, -0.05) is 26.2 Å². The van der Waals surface area contributed by atoms with Gasteiger partial charge < -0.3 is 14.5 Å². The van der Waals surface area contributed by atoms with Crippen LogP contribution in [0.2, 0.25) is 0 Å². The van der Waals surface area contributed by atoms with Crippen molar-refractivity contribution in [1.29, 1.82) is 0 Å². The highest BCUT2D eigenvalue weighted by Crippen LogP contribution is 2.02. The van der Waals surface area contributed by atoms with E-state index in [2.05, 4.69) is 23.8 Å². The second-order valence-corrected chi connectivity index (χ2v) is 5.18. The van der Waals surface area contributed by atoms with Gasteiger partial charge in [0.15, 0.2) is 0 Å². The van der Waals surface area contributed by atoms with Gasteiger partial charge in [0.2, 0.25) is 0 Å². The number of likely N-dealkylation sites (N-methyl/N-ethyl adjacent to an activating group) is 1. The number of carbonyl (C=O) groups is 1. The monoisotopic (exact) mass is 256 g/mol. The number of rotatable bonds is 8. The molecular weight excluding hydrogens is 228 g/mol. The third-order valence-electron chi connectivity index (χ3n) is 3.49. The molecule has 1 aliphatic heterocycles. The molecule has 0 unspecified atom stereocenters. The number of carbonyl (C=O) groups excluding carboxylic acids is 1. The third-order valence-corrected chi connectivity index (χ3v) is 3.49. The topological polar surface area (TPSA) is 32.8 Å². The summed E-state index contributed by atoms with van der Waals surface area (Å²) in [4.78, 5) is 16.2. The second-order valence-electron chi connectivity index (χ2n) is 5.18. The Labute approximate surface area is 111 Å². The summed E-state index contributed by atoms with van der Waals surface area (Å²) in [6.07, 6.45) is 5.17. The molecule has 0 amide bonds. The van der Waals surface area contributed by atoms with Crippen molar-refractivity contribution in [2.75, 3.05) is 46.4 Å². The Bertz CT molecular complexity index is 226. The van der Waals surface area contributed by atoms with Crippen molar-refractivity contribution < 1.29 is 9.53 Å². The fourth-order valence-corrected chi connectivity index (χ4v) is 2.11. The highest BCUT2D eigenvalue weighted by Gasteiger charge is 2.14. The first-order chi connectivity index (χ1) is 8.72. The van der Waals surface area contributed by atoms with Crippen molar-refractivity contribution in [3.63, 3.8) is 0 Å². The summed E-state index contributed by atoms with van der Waals surface area (Å²) in [5.41, 5.74) is 0. The summed E-state index contributed by atoms with van der Waals surface area (Å²) in [5.74, 6) is -0.0366. The van der Waals surface area contributed by atoms with Crippen LogP contribution in [0.25, 0.3) is 0 Å². The average Bonchev–Trinajstić information content (AvgIpc) is 2.38. The van der Waals surface area contributed by atoms with Gasteiger partial charge in [-0.25, -0.2) is 0 Å². The number of hydrogen-bond donors (Lipinski definition) is 0. The predicted molar refractivity (Wildman–Crippen MR) is 73.7 cm³/mol. The van der Waals surface area contributed by atoms with Crippen molar-refractivity contribution in [1.82, 2.24) is 9.80 Å². The van der Waals surface area contributed by atoms with Crippen LogP contribution in [0.4, 0.5) is 0 Å². The van der Waals surface area contributed by atoms with E-state index in [9.17, 15) is 4.79 Å².